The molecule has 0 saturated carbocycles. The smallest absolute Gasteiger partial charge is 0.295 e. The Morgan fingerprint density at radius 2 is 1.87 bits per heavy atom. The second kappa shape index (κ2) is 9.53. The van der Waals surface area contributed by atoms with Gasteiger partial charge in [-0.15, -0.1) is 11.3 Å². The first-order chi connectivity index (χ1) is 14.8. The number of likely N-dealkylation sites (tertiary alicyclic amines) is 1. The van der Waals surface area contributed by atoms with E-state index < -0.39 is 17.7 Å². The molecular formula is C23H28N2O5S. The number of aryl methyl sites for hydroxylation is 1. The predicted octanol–water partition coefficient (Wildman–Crippen LogP) is 3.45. The van der Waals surface area contributed by atoms with Crippen LogP contribution in [0.4, 0.5) is 0 Å². The van der Waals surface area contributed by atoms with Gasteiger partial charge in [0.25, 0.3) is 11.7 Å². The first kappa shape index (κ1) is 22.8. The Balaban J connectivity index is 2.10. The van der Waals surface area contributed by atoms with E-state index in [-0.39, 0.29) is 11.3 Å². The van der Waals surface area contributed by atoms with Crippen molar-refractivity contribution in [2.24, 2.45) is 0 Å². The minimum absolute atomic E-state index is 0.104. The Morgan fingerprint density at radius 3 is 2.45 bits per heavy atom. The highest BCUT2D eigenvalue weighted by Gasteiger charge is 2.46. The van der Waals surface area contributed by atoms with E-state index in [1.807, 2.05) is 37.4 Å². The monoisotopic (exact) mass is 444 g/mol. The number of hydrogen-bond acceptors (Lipinski definition) is 7. The van der Waals surface area contributed by atoms with Crippen molar-refractivity contribution in [2.45, 2.75) is 19.4 Å². The summed E-state index contributed by atoms with van der Waals surface area (Å²) in [4.78, 5) is 30.5. The number of carbonyl (C=O) groups excluding carboxylic acids is 2. The lowest BCUT2D eigenvalue weighted by molar-refractivity contribution is -0.139. The van der Waals surface area contributed by atoms with E-state index in [0.717, 1.165) is 23.4 Å². The van der Waals surface area contributed by atoms with Gasteiger partial charge in [-0.1, -0.05) is 0 Å². The van der Waals surface area contributed by atoms with E-state index in [2.05, 4.69) is 0 Å². The number of aliphatic hydroxyl groups excluding tert-OH is 1. The van der Waals surface area contributed by atoms with Crippen molar-refractivity contribution >= 4 is 28.8 Å². The molecule has 31 heavy (non-hydrogen) atoms. The van der Waals surface area contributed by atoms with Crippen LogP contribution < -0.4 is 9.47 Å². The van der Waals surface area contributed by atoms with Gasteiger partial charge in [0.05, 0.1) is 25.8 Å². The summed E-state index contributed by atoms with van der Waals surface area (Å²) in [6, 6.07) is 6.25. The molecule has 1 amide bonds. The van der Waals surface area contributed by atoms with Crippen molar-refractivity contribution < 1.29 is 24.2 Å². The zero-order chi connectivity index (χ0) is 22.7. The molecule has 2 heterocycles. The molecule has 1 atom stereocenters. The molecule has 1 unspecified atom stereocenters. The first-order valence-electron chi connectivity index (χ1n) is 9.99. The number of ketones is 1. The summed E-state index contributed by atoms with van der Waals surface area (Å²) in [6.45, 7) is 3.16. The van der Waals surface area contributed by atoms with Crippen molar-refractivity contribution in [3.8, 4) is 11.5 Å². The average Bonchev–Trinajstić information content (AvgIpc) is 3.28. The number of methoxy groups -OCH3 is 2. The van der Waals surface area contributed by atoms with Crippen LogP contribution in [0.3, 0.4) is 0 Å². The van der Waals surface area contributed by atoms with E-state index in [0.29, 0.717) is 23.6 Å². The predicted molar refractivity (Wildman–Crippen MR) is 121 cm³/mol. The van der Waals surface area contributed by atoms with Crippen molar-refractivity contribution in [1.82, 2.24) is 9.80 Å². The Hall–Kier alpha value is -2.84. The molecule has 7 nitrogen and oxygen atoms in total. The lowest BCUT2D eigenvalue weighted by atomic mass is 9.98. The largest absolute Gasteiger partial charge is 0.507 e. The number of amides is 1. The standard InChI is InChI=1S/C23H28N2O5S/c1-14-9-12-31-22(14)19-18(21(27)23(28)25(19)11-6-10-24(2)3)20(26)15-7-8-16(29-4)17(13-15)30-5/h7-9,12-13,19,26H,6,10-11H2,1-5H3/b20-18-. The molecule has 1 aromatic heterocycles. The maximum Gasteiger partial charge on any atom is 0.295 e. The number of aliphatic hydroxyl groups is 1. The third-order valence-corrected chi connectivity index (χ3v) is 6.42. The fraction of sp³-hybridized carbons (Fsp3) is 0.391. The number of ether oxygens (including phenoxy) is 2. The molecule has 1 N–H and O–H groups in total. The van der Waals surface area contributed by atoms with Gasteiger partial charge in [-0.2, -0.15) is 0 Å². The number of nitrogens with zero attached hydrogens (tertiary/aromatic N) is 2. The maximum absolute atomic E-state index is 13.1. The van der Waals surface area contributed by atoms with E-state index in [4.69, 9.17) is 9.47 Å². The van der Waals surface area contributed by atoms with E-state index in [1.54, 1.807) is 23.1 Å². The van der Waals surface area contributed by atoms with Gasteiger partial charge in [0, 0.05) is 17.0 Å². The summed E-state index contributed by atoms with van der Waals surface area (Å²) >= 11 is 1.48. The molecule has 0 bridgehead atoms. The minimum Gasteiger partial charge on any atom is -0.507 e. The van der Waals surface area contributed by atoms with Crippen LogP contribution in [0.15, 0.2) is 35.2 Å². The molecular weight excluding hydrogens is 416 g/mol. The van der Waals surface area contributed by atoms with Crippen LogP contribution in [0.2, 0.25) is 0 Å². The molecule has 1 aliphatic rings. The fourth-order valence-electron chi connectivity index (χ4n) is 3.74. The Morgan fingerprint density at radius 1 is 1.16 bits per heavy atom. The Labute approximate surface area is 186 Å². The average molecular weight is 445 g/mol. The van der Waals surface area contributed by atoms with Crippen LogP contribution in [-0.4, -0.2) is 68.0 Å². The molecule has 1 aliphatic heterocycles. The highest BCUT2D eigenvalue weighted by atomic mass is 32.1. The molecule has 166 valence electrons. The van der Waals surface area contributed by atoms with Crippen LogP contribution in [-0.2, 0) is 9.59 Å². The van der Waals surface area contributed by atoms with Gasteiger partial charge >= 0.3 is 0 Å². The van der Waals surface area contributed by atoms with Crippen molar-refractivity contribution in [1.29, 1.82) is 0 Å². The molecule has 0 spiro atoms. The number of hydrogen-bond donors (Lipinski definition) is 1. The van der Waals surface area contributed by atoms with Gasteiger partial charge in [0.2, 0.25) is 0 Å². The van der Waals surface area contributed by atoms with Gasteiger partial charge < -0.3 is 24.4 Å². The van der Waals surface area contributed by atoms with Crippen LogP contribution in [0.5, 0.6) is 11.5 Å². The normalized spacial score (nSPS) is 18.1. The number of benzene rings is 1. The zero-order valence-corrected chi connectivity index (χ0v) is 19.3. The van der Waals surface area contributed by atoms with Crippen molar-refractivity contribution in [2.75, 3.05) is 41.4 Å². The molecule has 2 aromatic rings. The van der Waals surface area contributed by atoms with Crippen molar-refractivity contribution in [3.63, 3.8) is 0 Å². The first-order valence-corrected chi connectivity index (χ1v) is 10.9. The van der Waals surface area contributed by atoms with Crippen molar-refractivity contribution in [3.05, 3.63) is 51.2 Å². The molecule has 1 aromatic carbocycles. The molecule has 1 saturated heterocycles. The second-order valence-corrected chi connectivity index (χ2v) is 8.63. The highest BCUT2D eigenvalue weighted by molar-refractivity contribution is 7.10. The minimum atomic E-state index is -0.671. The fourth-order valence-corrected chi connectivity index (χ4v) is 4.79. The zero-order valence-electron chi connectivity index (χ0n) is 18.5. The van der Waals surface area contributed by atoms with Gasteiger partial charge in [-0.25, -0.2) is 0 Å². The second-order valence-electron chi connectivity index (χ2n) is 7.69. The van der Waals surface area contributed by atoms with Crippen LogP contribution in [0.1, 0.15) is 28.5 Å². The van der Waals surface area contributed by atoms with Crippen LogP contribution >= 0.6 is 11.3 Å². The quantitative estimate of drug-likeness (QED) is 0.382. The summed E-state index contributed by atoms with van der Waals surface area (Å²) in [5, 5.41) is 13.1. The molecule has 0 aliphatic carbocycles. The van der Waals surface area contributed by atoms with E-state index in [1.165, 1.54) is 25.6 Å². The topological polar surface area (TPSA) is 79.3 Å². The third kappa shape index (κ3) is 4.45. The summed E-state index contributed by atoms with van der Waals surface area (Å²) < 4.78 is 10.6. The molecule has 8 heteroatoms. The van der Waals surface area contributed by atoms with Crippen LogP contribution in [0.25, 0.3) is 5.76 Å². The van der Waals surface area contributed by atoms with E-state index >= 15 is 0 Å². The summed E-state index contributed by atoms with van der Waals surface area (Å²) in [6.07, 6.45) is 0.720. The number of Topliss-reactive ketones (excluding diaryl/α,β-unsaturated/α-hetero) is 1. The third-order valence-electron chi connectivity index (χ3n) is 5.35. The van der Waals surface area contributed by atoms with Crippen LogP contribution in [0, 0.1) is 6.92 Å². The lowest BCUT2D eigenvalue weighted by Crippen LogP contribution is -2.32. The van der Waals surface area contributed by atoms with Gasteiger partial charge in [0.15, 0.2) is 11.5 Å². The number of carbonyl (C=O) groups is 2. The lowest BCUT2D eigenvalue weighted by Gasteiger charge is -2.25. The van der Waals surface area contributed by atoms with E-state index in [9.17, 15) is 14.7 Å². The number of rotatable bonds is 8. The summed E-state index contributed by atoms with van der Waals surface area (Å²) in [7, 11) is 6.95. The molecule has 1 fully saturated rings. The maximum atomic E-state index is 13.1. The van der Waals surface area contributed by atoms with Gasteiger partial charge in [0.1, 0.15) is 5.76 Å². The Bertz CT molecular complexity index is 1010. The molecule has 3 rings (SSSR count). The SMILES string of the molecule is COc1ccc(/C(O)=C2/C(=O)C(=O)N(CCCN(C)C)C2c2sccc2C)cc1OC. The summed E-state index contributed by atoms with van der Waals surface area (Å²) in [5.74, 6) is -0.537. The summed E-state index contributed by atoms with van der Waals surface area (Å²) in [5.41, 5.74) is 1.48. The van der Waals surface area contributed by atoms with Gasteiger partial charge in [-0.05, 0) is 69.2 Å². The molecule has 0 radical (unpaired) electrons. The Kier molecular flexibility index (Phi) is 7.02. The highest BCUT2D eigenvalue weighted by Crippen LogP contribution is 2.43. The van der Waals surface area contributed by atoms with Gasteiger partial charge in [-0.3, -0.25) is 9.59 Å². The number of thiophene rings is 1.